The quantitative estimate of drug-likeness (QED) is 0.105. The first-order valence-electron chi connectivity index (χ1n) is 30.7. The molecular weight excluding hydrogens is 1130 g/mol. The van der Waals surface area contributed by atoms with Crippen LogP contribution in [0.2, 0.25) is 0 Å². The number of aryl methyl sites for hydroxylation is 3. The molecule has 85 heavy (non-hydrogen) atoms. The molecule has 0 heterocycles. The molecule has 16 rings (SSSR count). The number of fused-ring (bicyclic) bond motifs is 8. The first-order valence-corrected chi connectivity index (χ1v) is 36.5. The molecule has 0 amide bonds. The van der Waals surface area contributed by atoms with E-state index in [0.29, 0.717) is 11.8 Å². The van der Waals surface area contributed by atoms with E-state index in [1.165, 1.54) is 149 Å². The Morgan fingerprint density at radius 2 is 0.624 bits per heavy atom. The van der Waals surface area contributed by atoms with E-state index in [9.17, 15) is 0 Å². The Morgan fingerprint density at radius 1 is 0.294 bits per heavy atom. The number of benzene rings is 12. The summed E-state index contributed by atoms with van der Waals surface area (Å²) in [6.45, 7) is 9.25. The average molecular weight is 1190 g/mol. The summed E-state index contributed by atoms with van der Waals surface area (Å²) in [6.07, 6.45) is 23.9. The van der Waals surface area contributed by atoms with Crippen LogP contribution in [0.1, 0.15) is 54.9 Å². The number of hydrogen-bond acceptors (Lipinski definition) is 0. The Balaban J connectivity index is 0.960. The van der Waals surface area contributed by atoms with E-state index in [-0.39, 0.29) is 0 Å². The van der Waals surface area contributed by atoms with Gasteiger partial charge in [-0.1, -0.05) is 0 Å². The summed E-state index contributed by atoms with van der Waals surface area (Å²) in [5.41, 5.74) is 16.5. The minimum atomic E-state index is -4.34. The molecule has 2 atom stereocenters. The molecule has 0 spiro atoms. The molecule has 0 bridgehead atoms. The van der Waals surface area contributed by atoms with Gasteiger partial charge in [-0.2, -0.15) is 0 Å². The van der Waals surface area contributed by atoms with E-state index in [4.69, 9.17) is 0 Å². The van der Waals surface area contributed by atoms with Gasteiger partial charge >= 0.3 is 507 Å². The third-order valence-corrected chi connectivity index (χ3v) is 35.1. The first-order chi connectivity index (χ1) is 41.9. The summed E-state index contributed by atoms with van der Waals surface area (Å²) in [5.74, 6) is 0.675. The van der Waals surface area contributed by atoms with Crippen LogP contribution in [0.3, 0.4) is 0 Å². The summed E-state index contributed by atoms with van der Waals surface area (Å²) in [4.78, 5) is 0. The molecule has 12 aromatic rings. The summed E-state index contributed by atoms with van der Waals surface area (Å²) in [5, 5.41) is 18.7. The molecule has 12 aromatic carbocycles. The fraction of sp³-hybridized carbons (Fsp3) is 0.119. The van der Waals surface area contributed by atoms with Gasteiger partial charge in [0, 0.05) is 0 Å². The van der Waals surface area contributed by atoms with Crippen LogP contribution in [0.5, 0.6) is 0 Å². The van der Waals surface area contributed by atoms with Gasteiger partial charge in [-0.25, -0.2) is 0 Å². The van der Waals surface area contributed by atoms with Crippen molar-refractivity contribution in [2.45, 2.75) is 53.4 Å². The van der Waals surface area contributed by atoms with Gasteiger partial charge in [-0.05, 0) is 0 Å². The van der Waals surface area contributed by atoms with Crippen molar-refractivity contribution in [2.24, 2.45) is 11.8 Å². The Morgan fingerprint density at radius 3 is 1.00 bits per heavy atom. The summed E-state index contributed by atoms with van der Waals surface area (Å²) in [6, 6.07) is 84.1. The second kappa shape index (κ2) is 20.8. The van der Waals surface area contributed by atoms with Crippen LogP contribution in [-0.2, 0) is 0 Å². The monoisotopic (exact) mass is 1190 g/mol. The van der Waals surface area contributed by atoms with Crippen LogP contribution in [-0.4, -0.2) is 18.4 Å². The fourth-order valence-corrected chi connectivity index (χ4v) is 31.3. The Kier molecular flexibility index (Phi) is 12.6. The van der Waals surface area contributed by atoms with Crippen molar-refractivity contribution in [3.8, 4) is 22.3 Å². The normalized spacial score (nSPS) is 16.9. The molecular formula is C84H66Sn. The Bertz CT molecular complexity index is 4810. The van der Waals surface area contributed by atoms with E-state index in [1.807, 2.05) is 0 Å². The standard InChI is InChI=1S/C21H19.C21H17.2C21H15.Sn/c4*1-15-17-11-5-7-13-19(17)21(16-9-3-2-4-10-16)20-14-8-6-12-18(15)20;/h3,5-9,11-14,17,19H,4,10H2,1H3;3,5-9,11-14H,4,10H2,1H3;2*3-14H,1H3;. The van der Waals surface area contributed by atoms with Crippen molar-refractivity contribution in [3.63, 3.8) is 0 Å². The Labute approximate surface area is 503 Å². The number of hydrogen-bond donors (Lipinski definition) is 0. The molecule has 0 saturated carbocycles. The number of allylic oxidation sites excluding steroid dienone is 12. The van der Waals surface area contributed by atoms with E-state index in [0.717, 1.165) is 25.7 Å². The summed E-state index contributed by atoms with van der Waals surface area (Å²) in [7, 11) is 0. The first kappa shape index (κ1) is 51.8. The molecule has 0 radical (unpaired) electrons. The zero-order chi connectivity index (χ0) is 56.9. The van der Waals surface area contributed by atoms with Crippen LogP contribution >= 0.6 is 0 Å². The zero-order valence-electron chi connectivity index (χ0n) is 48.9. The zero-order valence-corrected chi connectivity index (χ0v) is 51.7. The van der Waals surface area contributed by atoms with Gasteiger partial charge in [0.25, 0.3) is 0 Å². The predicted octanol–water partition coefficient (Wildman–Crippen LogP) is 19.4. The van der Waals surface area contributed by atoms with Gasteiger partial charge in [0.05, 0.1) is 0 Å². The molecule has 4 aliphatic rings. The molecule has 0 fully saturated rings. The summed E-state index contributed by atoms with van der Waals surface area (Å²) >= 11 is -4.34. The van der Waals surface area contributed by atoms with Gasteiger partial charge in [-0.3, -0.25) is 0 Å². The fourth-order valence-electron chi connectivity index (χ4n) is 16.3. The van der Waals surface area contributed by atoms with Crippen LogP contribution < -0.4 is 17.6 Å². The molecule has 0 aromatic heterocycles. The van der Waals surface area contributed by atoms with Gasteiger partial charge in [0.2, 0.25) is 0 Å². The molecule has 406 valence electrons. The van der Waals surface area contributed by atoms with Crippen molar-refractivity contribution < 1.29 is 0 Å². The van der Waals surface area contributed by atoms with Crippen molar-refractivity contribution in [1.82, 2.24) is 0 Å². The maximum atomic E-state index is 2.66. The van der Waals surface area contributed by atoms with Crippen molar-refractivity contribution in [3.05, 3.63) is 312 Å². The van der Waals surface area contributed by atoms with E-state index >= 15 is 0 Å². The molecule has 0 aliphatic heterocycles. The topological polar surface area (TPSA) is 0 Å². The second-order valence-electron chi connectivity index (χ2n) is 24.4. The number of rotatable bonds is 8. The average Bonchev–Trinajstić information content (AvgIpc) is 2.00. The van der Waals surface area contributed by atoms with Crippen molar-refractivity contribution in [2.75, 3.05) is 0 Å². The van der Waals surface area contributed by atoms with E-state index < -0.39 is 18.4 Å². The van der Waals surface area contributed by atoms with E-state index in [2.05, 4.69) is 295 Å². The molecule has 1 heteroatoms. The van der Waals surface area contributed by atoms with Gasteiger partial charge in [-0.15, -0.1) is 0 Å². The molecule has 4 aliphatic carbocycles. The molecule has 0 saturated heterocycles. The SMILES string of the molecule is CC1=c2ccccc2=C(C2=CC=[C]([Sn]([C]3=CC=C(c4c5ccccc5c(C)c5ccccc45)CC3)([c]3ccc(-c4c5ccccc5c(C)c5ccccc45)cc3)[c]3ccc(-c4c5ccccc5c(C)c5ccccc45)cc3)CC2)C2C=CC=CC12. The Hall–Kier alpha value is -8.82. The maximum absolute atomic E-state index is 4.34. The molecule has 2 unspecified atom stereocenters. The van der Waals surface area contributed by atoms with Crippen molar-refractivity contribution in [1.29, 1.82) is 0 Å². The summed E-state index contributed by atoms with van der Waals surface area (Å²) < 4.78 is 6.31. The van der Waals surface area contributed by atoms with Crippen LogP contribution in [0.15, 0.2) is 280 Å². The predicted molar refractivity (Wildman–Crippen MR) is 369 cm³/mol. The molecule has 0 N–H and O–H groups in total. The van der Waals surface area contributed by atoms with Crippen molar-refractivity contribution >= 4 is 107 Å². The van der Waals surface area contributed by atoms with Gasteiger partial charge in [0.15, 0.2) is 0 Å². The third-order valence-electron chi connectivity index (χ3n) is 20.4. The third kappa shape index (κ3) is 8.08. The van der Waals surface area contributed by atoms with Gasteiger partial charge < -0.3 is 0 Å². The van der Waals surface area contributed by atoms with Crippen LogP contribution in [0.25, 0.3) is 104 Å². The second-order valence-corrected chi connectivity index (χ2v) is 35.7. The van der Waals surface area contributed by atoms with Crippen LogP contribution in [0.4, 0.5) is 0 Å². The minimum absolute atomic E-state index is 0.316. The molecule has 0 nitrogen and oxygen atoms in total. The van der Waals surface area contributed by atoms with E-state index in [1.54, 1.807) is 7.18 Å². The van der Waals surface area contributed by atoms with Gasteiger partial charge in [0.1, 0.15) is 0 Å². The van der Waals surface area contributed by atoms with Crippen LogP contribution in [0, 0.1) is 32.6 Å².